The largest absolute Gasteiger partial charge is 0.390 e. The van der Waals surface area contributed by atoms with Crippen molar-refractivity contribution in [2.45, 2.75) is 46.8 Å². The van der Waals surface area contributed by atoms with Gasteiger partial charge in [-0.2, -0.15) is 0 Å². The topological polar surface area (TPSA) is 73.6 Å². The fraction of sp³-hybridized carbons (Fsp3) is 0.565. The first kappa shape index (κ1) is 29.5. The average Bonchev–Trinajstić information content (AvgIpc) is 3.03. The lowest BCUT2D eigenvalue weighted by Gasteiger charge is -2.37. The third-order valence-electron chi connectivity index (χ3n) is 5.99. The summed E-state index contributed by atoms with van der Waals surface area (Å²) in [6.45, 7) is 13.1. The van der Waals surface area contributed by atoms with Gasteiger partial charge in [0.05, 0.1) is 6.10 Å². The highest BCUT2D eigenvalue weighted by atomic mass is 35.5. The van der Waals surface area contributed by atoms with Crippen molar-refractivity contribution in [3.8, 4) is 0 Å². The highest BCUT2D eigenvalue weighted by molar-refractivity contribution is 6.31. The summed E-state index contributed by atoms with van der Waals surface area (Å²) in [4.78, 5) is 21.6. The summed E-state index contributed by atoms with van der Waals surface area (Å²) in [7, 11) is 0. The number of nitrogens with one attached hydrogen (secondary N) is 1. The van der Waals surface area contributed by atoms with Gasteiger partial charge in [-0.05, 0) is 44.9 Å². The second kappa shape index (κ2) is 13.4. The number of piperazine rings is 1. The summed E-state index contributed by atoms with van der Waals surface area (Å²) in [5, 5.41) is 14.1. The summed E-state index contributed by atoms with van der Waals surface area (Å²) >= 11 is 6.26. The zero-order valence-electron chi connectivity index (χ0n) is 19.8. The maximum atomic E-state index is 12.6. The number of carbonyl (C=O) groups is 1. The van der Waals surface area contributed by atoms with Crippen molar-refractivity contribution in [3.05, 3.63) is 46.0 Å². The Morgan fingerprint density at radius 1 is 1.18 bits per heavy atom. The molecule has 1 aromatic carbocycles. The summed E-state index contributed by atoms with van der Waals surface area (Å²) in [6, 6.07) is 6.00. The van der Waals surface area contributed by atoms with E-state index in [4.69, 9.17) is 11.6 Å². The van der Waals surface area contributed by atoms with Gasteiger partial charge in [-0.1, -0.05) is 24.6 Å². The number of imidazole rings is 1. The number of aryl methyl sites for hydroxylation is 1. The van der Waals surface area contributed by atoms with E-state index in [1.165, 1.54) is 5.69 Å². The van der Waals surface area contributed by atoms with Crippen molar-refractivity contribution < 1.29 is 9.90 Å². The van der Waals surface area contributed by atoms with Crippen LogP contribution in [0.5, 0.6) is 0 Å². The molecule has 1 atom stereocenters. The molecule has 1 unspecified atom stereocenters. The Kier molecular flexibility index (Phi) is 12.0. The zero-order valence-corrected chi connectivity index (χ0v) is 22.2. The molecule has 186 valence electrons. The average molecular weight is 521 g/mol. The molecule has 1 aliphatic heterocycles. The first-order valence-electron chi connectivity index (χ1n) is 11.0. The number of aliphatic hydroxyl groups excluding tert-OH is 1. The second-order valence-electron chi connectivity index (χ2n) is 8.28. The van der Waals surface area contributed by atoms with Gasteiger partial charge in [0, 0.05) is 62.2 Å². The molecule has 7 nitrogen and oxygen atoms in total. The van der Waals surface area contributed by atoms with Gasteiger partial charge < -0.3 is 19.9 Å². The van der Waals surface area contributed by atoms with Gasteiger partial charge in [0.15, 0.2) is 0 Å². The summed E-state index contributed by atoms with van der Waals surface area (Å²) in [5.41, 5.74) is 3.60. The van der Waals surface area contributed by atoms with Crippen molar-refractivity contribution in [3.63, 3.8) is 0 Å². The summed E-state index contributed by atoms with van der Waals surface area (Å²) in [6.07, 6.45) is 0.365. The number of β-amino-alcohol motifs (C(OH)–C–C–N with tert-alkyl or cyclic N) is 1. The minimum Gasteiger partial charge on any atom is -0.390 e. The van der Waals surface area contributed by atoms with Gasteiger partial charge in [0.1, 0.15) is 11.5 Å². The quantitative estimate of drug-likeness (QED) is 0.556. The number of hydrogen-bond acceptors (Lipinski definition) is 5. The second-order valence-corrected chi connectivity index (χ2v) is 8.69. The van der Waals surface area contributed by atoms with E-state index in [0.717, 1.165) is 61.2 Å². The molecule has 3 rings (SSSR count). The number of nitrogens with zero attached hydrogens (tertiary/aromatic N) is 4. The van der Waals surface area contributed by atoms with Crippen LogP contribution in [0.3, 0.4) is 0 Å². The van der Waals surface area contributed by atoms with Crippen LogP contribution in [-0.2, 0) is 6.54 Å². The van der Waals surface area contributed by atoms with E-state index in [9.17, 15) is 9.90 Å². The Hall–Kier alpha value is -1.51. The van der Waals surface area contributed by atoms with Crippen molar-refractivity contribution >= 4 is 48.0 Å². The predicted octanol–water partition coefficient (Wildman–Crippen LogP) is 3.63. The van der Waals surface area contributed by atoms with Crippen LogP contribution in [-0.4, -0.2) is 70.8 Å². The number of amides is 1. The summed E-state index contributed by atoms with van der Waals surface area (Å²) < 4.78 is 2.06. The Labute approximate surface area is 214 Å². The van der Waals surface area contributed by atoms with E-state index >= 15 is 0 Å². The molecule has 0 saturated carbocycles. The Balaban J connectivity index is 0.00000272. The third kappa shape index (κ3) is 7.23. The number of halogens is 3. The van der Waals surface area contributed by atoms with Crippen LogP contribution in [0.15, 0.2) is 18.2 Å². The molecule has 1 aromatic heterocycles. The molecular formula is C23H36Cl3N5O2. The van der Waals surface area contributed by atoms with Crippen molar-refractivity contribution in [2.24, 2.45) is 0 Å². The standard InChI is InChI=1S/C23H34ClN5O2.2ClH/c1-5-9-29-17(3)22(26-18(29)4)23(31)25-14-19(30)15-27-10-12-28(13-11-27)21-8-6-7-20(24)16(21)2;;/h6-8,19,30H,5,9-15H2,1-4H3,(H,25,31);2*1H. The minimum atomic E-state index is -0.623. The molecule has 1 saturated heterocycles. The molecule has 0 aliphatic carbocycles. The maximum Gasteiger partial charge on any atom is 0.271 e. The van der Waals surface area contributed by atoms with Crippen LogP contribution in [0.25, 0.3) is 0 Å². The molecule has 0 bridgehead atoms. The first-order chi connectivity index (χ1) is 14.8. The van der Waals surface area contributed by atoms with E-state index in [1.54, 1.807) is 0 Å². The SMILES string of the molecule is CCCn1c(C)nc(C(=O)NCC(O)CN2CCN(c3cccc(Cl)c3C)CC2)c1C.Cl.Cl. The molecule has 0 radical (unpaired) electrons. The van der Waals surface area contributed by atoms with E-state index in [0.29, 0.717) is 12.2 Å². The lowest BCUT2D eigenvalue weighted by Crippen LogP contribution is -2.50. The molecule has 33 heavy (non-hydrogen) atoms. The number of anilines is 1. The van der Waals surface area contributed by atoms with E-state index in [-0.39, 0.29) is 37.3 Å². The van der Waals surface area contributed by atoms with Crippen molar-refractivity contribution in [1.29, 1.82) is 0 Å². The van der Waals surface area contributed by atoms with Crippen LogP contribution in [0.1, 0.15) is 40.9 Å². The lowest BCUT2D eigenvalue weighted by atomic mass is 10.1. The molecule has 2 heterocycles. The Bertz CT molecular complexity index is 914. The zero-order chi connectivity index (χ0) is 22.5. The fourth-order valence-electron chi connectivity index (χ4n) is 4.21. The molecule has 2 aromatic rings. The fourth-order valence-corrected chi connectivity index (χ4v) is 4.38. The highest BCUT2D eigenvalue weighted by Gasteiger charge is 2.22. The van der Waals surface area contributed by atoms with Crippen LogP contribution in [0.4, 0.5) is 5.69 Å². The van der Waals surface area contributed by atoms with Crippen LogP contribution < -0.4 is 10.2 Å². The van der Waals surface area contributed by atoms with E-state index < -0.39 is 6.10 Å². The molecule has 1 fully saturated rings. The van der Waals surface area contributed by atoms with Gasteiger partial charge in [-0.25, -0.2) is 4.98 Å². The smallest absolute Gasteiger partial charge is 0.271 e. The number of benzene rings is 1. The van der Waals surface area contributed by atoms with Crippen molar-refractivity contribution in [1.82, 2.24) is 19.8 Å². The van der Waals surface area contributed by atoms with E-state index in [1.807, 2.05) is 32.9 Å². The highest BCUT2D eigenvalue weighted by Crippen LogP contribution is 2.27. The number of aliphatic hydroxyl groups is 1. The Morgan fingerprint density at radius 2 is 1.85 bits per heavy atom. The monoisotopic (exact) mass is 519 g/mol. The van der Waals surface area contributed by atoms with Crippen LogP contribution >= 0.6 is 36.4 Å². The van der Waals surface area contributed by atoms with Gasteiger partial charge in [0.25, 0.3) is 5.91 Å². The Morgan fingerprint density at radius 3 is 2.48 bits per heavy atom. The summed E-state index contributed by atoms with van der Waals surface area (Å²) in [5.74, 6) is 0.619. The third-order valence-corrected chi connectivity index (χ3v) is 6.40. The number of hydrogen-bond donors (Lipinski definition) is 2. The van der Waals surface area contributed by atoms with Gasteiger partial charge in [-0.15, -0.1) is 24.8 Å². The lowest BCUT2D eigenvalue weighted by molar-refractivity contribution is 0.0847. The van der Waals surface area contributed by atoms with Crippen LogP contribution in [0.2, 0.25) is 5.02 Å². The molecule has 0 spiro atoms. The molecule has 1 aliphatic rings. The van der Waals surface area contributed by atoms with Crippen LogP contribution in [0, 0.1) is 20.8 Å². The van der Waals surface area contributed by atoms with E-state index in [2.05, 4.69) is 37.7 Å². The molecule has 10 heteroatoms. The molecular weight excluding hydrogens is 485 g/mol. The molecule has 2 N–H and O–H groups in total. The maximum absolute atomic E-state index is 12.6. The minimum absolute atomic E-state index is 0. The molecule has 1 amide bonds. The van der Waals surface area contributed by atoms with Gasteiger partial charge >= 0.3 is 0 Å². The van der Waals surface area contributed by atoms with Gasteiger partial charge in [-0.3, -0.25) is 9.69 Å². The number of carbonyl (C=O) groups excluding carboxylic acids is 1. The van der Waals surface area contributed by atoms with Crippen molar-refractivity contribution in [2.75, 3.05) is 44.2 Å². The van der Waals surface area contributed by atoms with Gasteiger partial charge in [0.2, 0.25) is 0 Å². The number of aromatic nitrogens is 2. The number of rotatable bonds is 8. The normalized spacial score (nSPS) is 14.9. The first-order valence-corrected chi connectivity index (χ1v) is 11.4. The predicted molar refractivity (Wildman–Crippen MR) is 140 cm³/mol.